The van der Waals surface area contributed by atoms with Crippen LogP contribution < -0.4 is 0 Å². The van der Waals surface area contributed by atoms with E-state index >= 15 is 0 Å². The number of fused-ring (bicyclic) bond motifs is 1. The van der Waals surface area contributed by atoms with E-state index < -0.39 is 0 Å². The van der Waals surface area contributed by atoms with Gasteiger partial charge in [-0.3, -0.25) is 4.79 Å². The van der Waals surface area contributed by atoms with Gasteiger partial charge in [0.15, 0.2) is 0 Å². The van der Waals surface area contributed by atoms with Crippen molar-refractivity contribution >= 4 is 39.2 Å². The van der Waals surface area contributed by atoms with Gasteiger partial charge in [0.1, 0.15) is 5.01 Å². The maximum Gasteiger partial charge on any atom is 0.277 e. The van der Waals surface area contributed by atoms with Gasteiger partial charge in [-0.15, -0.1) is 21.5 Å². The average Bonchev–Trinajstić information content (AvgIpc) is 3.37. The molecule has 6 nitrogen and oxygen atoms in total. The van der Waals surface area contributed by atoms with E-state index in [1.54, 1.807) is 23.3 Å². The summed E-state index contributed by atoms with van der Waals surface area (Å²) >= 11 is 2.87. The van der Waals surface area contributed by atoms with Gasteiger partial charge in [-0.25, -0.2) is 4.98 Å². The molecule has 0 spiro atoms. The van der Waals surface area contributed by atoms with E-state index in [-0.39, 0.29) is 17.7 Å². The van der Waals surface area contributed by atoms with Crippen molar-refractivity contribution in [3.63, 3.8) is 0 Å². The number of aromatic nitrogens is 3. The van der Waals surface area contributed by atoms with E-state index in [1.807, 2.05) is 57.2 Å². The third-order valence-electron chi connectivity index (χ3n) is 4.84. The molecule has 0 saturated heterocycles. The number of carbonyl (C=O) groups is 1. The van der Waals surface area contributed by atoms with Crippen molar-refractivity contribution in [2.24, 2.45) is 0 Å². The Kier molecular flexibility index (Phi) is 5.87. The van der Waals surface area contributed by atoms with Crippen LogP contribution in [0.4, 0.5) is 0 Å². The summed E-state index contributed by atoms with van der Waals surface area (Å²) in [6, 6.07) is 14.0. The first-order valence-corrected chi connectivity index (χ1v) is 11.4. The number of benzene rings is 2. The maximum absolute atomic E-state index is 12.7. The summed E-state index contributed by atoms with van der Waals surface area (Å²) in [4.78, 5) is 19.1. The molecule has 0 aliphatic rings. The molecule has 30 heavy (non-hydrogen) atoms. The number of nitrogens with zero attached hydrogens (tertiary/aromatic N) is 4. The second kappa shape index (κ2) is 8.57. The van der Waals surface area contributed by atoms with Crippen LogP contribution in [0.3, 0.4) is 0 Å². The van der Waals surface area contributed by atoms with E-state index in [4.69, 9.17) is 4.42 Å². The molecule has 4 rings (SSSR count). The number of amides is 1. The molecule has 2 heterocycles. The molecule has 0 bridgehead atoms. The zero-order chi connectivity index (χ0) is 21.3. The Morgan fingerprint density at radius 2 is 1.90 bits per heavy atom. The third-order valence-corrected chi connectivity index (χ3v) is 6.85. The SMILES string of the molecule is Cc1cc(C)cc(-c2nnc(SCC(=O)N(C)[C@@H](C)c3nc4ccccc4s3)o2)c1. The number of hydrogen-bond acceptors (Lipinski definition) is 7. The summed E-state index contributed by atoms with van der Waals surface area (Å²) in [7, 11) is 1.80. The number of para-hydroxylation sites is 1. The lowest BCUT2D eigenvalue weighted by Crippen LogP contribution is -2.31. The van der Waals surface area contributed by atoms with Crippen molar-refractivity contribution in [1.82, 2.24) is 20.1 Å². The lowest BCUT2D eigenvalue weighted by Gasteiger charge is -2.22. The van der Waals surface area contributed by atoms with Gasteiger partial charge in [0, 0.05) is 12.6 Å². The standard InChI is InChI=1S/C22H22N4O2S2/c1-13-9-14(2)11-16(10-13)20-24-25-22(28-20)29-12-19(27)26(4)15(3)21-23-17-7-5-6-8-18(17)30-21/h5-11,15H,12H2,1-4H3/t15-/m0/s1. The Bertz CT molecular complexity index is 1150. The Morgan fingerprint density at radius 1 is 1.17 bits per heavy atom. The minimum absolute atomic E-state index is 0.0158. The fourth-order valence-corrected chi connectivity index (χ4v) is 4.91. The highest BCUT2D eigenvalue weighted by Gasteiger charge is 2.21. The molecule has 2 aromatic heterocycles. The molecular formula is C22H22N4O2S2. The number of thiazole rings is 1. The second-order valence-corrected chi connectivity index (χ2v) is 9.23. The molecular weight excluding hydrogens is 416 g/mol. The van der Waals surface area contributed by atoms with Crippen LogP contribution in [0.25, 0.3) is 21.7 Å². The van der Waals surface area contributed by atoms with E-state index in [2.05, 4.69) is 21.2 Å². The van der Waals surface area contributed by atoms with E-state index in [9.17, 15) is 4.79 Å². The summed E-state index contributed by atoms with van der Waals surface area (Å²) in [5, 5.41) is 9.52. The Hall–Kier alpha value is -2.71. The van der Waals surface area contributed by atoms with Gasteiger partial charge in [-0.1, -0.05) is 41.1 Å². The van der Waals surface area contributed by atoms with Gasteiger partial charge in [-0.05, 0) is 45.0 Å². The van der Waals surface area contributed by atoms with Gasteiger partial charge in [0.05, 0.1) is 22.0 Å². The number of hydrogen-bond donors (Lipinski definition) is 0. The zero-order valence-corrected chi connectivity index (χ0v) is 18.9. The first-order chi connectivity index (χ1) is 14.4. The Morgan fingerprint density at radius 3 is 2.63 bits per heavy atom. The number of rotatable bonds is 6. The van der Waals surface area contributed by atoms with Crippen LogP contribution in [0.1, 0.15) is 29.1 Å². The lowest BCUT2D eigenvalue weighted by molar-refractivity contribution is -0.128. The largest absolute Gasteiger partial charge is 0.411 e. The van der Waals surface area contributed by atoms with Crippen LogP contribution in [0.2, 0.25) is 0 Å². The van der Waals surface area contributed by atoms with Gasteiger partial charge >= 0.3 is 0 Å². The normalized spacial score (nSPS) is 12.3. The van der Waals surface area contributed by atoms with Gasteiger partial charge < -0.3 is 9.32 Å². The van der Waals surface area contributed by atoms with Gasteiger partial charge in [0.2, 0.25) is 11.8 Å². The number of thioether (sulfide) groups is 1. The summed E-state index contributed by atoms with van der Waals surface area (Å²) in [6.07, 6.45) is 0. The highest BCUT2D eigenvalue weighted by atomic mass is 32.2. The van der Waals surface area contributed by atoms with Crippen molar-refractivity contribution in [1.29, 1.82) is 0 Å². The molecule has 0 aliphatic heterocycles. The van der Waals surface area contributed by atoms with E-state index in [0.29, 0.717) is 11.1 Å². The van der Waals surface area contributed by atoms with Crippen molar-refractivity contribution in [2.45, 2.75) is 32.0 Å². The zero-order valence-electron chi connectivity index (χ0n) is 17.2. The predicted molar refractivity (Wildman–Crippen MR) is 121 cm³/mol. The highest BCUT2D eigenvalue weighted by molar-refractivity contribution is 7.99. The van der Waals surface area contributed by atoms with Crippen LogP contribution in [-0.4, -0.2) is 38.8 Å². The quantitative estimate of drug-likeness (QED) is 0.382. The second-order valence-electron chi connectivity index (χ2n) is 7.24. The minimum atomic E-state index is -0.107. The molecule has 2 aromatic carbocycles. The first kappa shape index (κ1) is 20.6. The lowest BCUT2D eigenvalue weighted by atomic mass is 10.1. The molecule has 0 saturated carbocycles. The molecule has 8 heteroatoms. The molecule has 0 fully saturated rings. The number of aryl methyl sites for hydroxylation is 2. The molecule has 1 amide bonds. The molecule has 0 N–H and O–H groups in total. The van der Waals surface area contributed by atoms with Crippen LogP contribution >= 0.6 is 23.1 Å². The fraction of sp³-hybridized carbons (Fsp3) is 0.273. The van der Waals surface area contributed by atoms with Crippen LogP contribution in [0.15, 0.2) is 52.1 Å². The molecule has 0 radical (unpaired) electrons. The average molecular weight is 439 g/mol. The van der Waals surface area contributed by atoms with Crippen LogP contribution in [0, 0.1) is 13.8 Å². The fourth-order valence-electron chi connectivity index (χ4n) is 3.16. The summed E-state index contributed by atoms with van der Waals surface area (Å²) in [5.74, 6) is 0.672. The monoisotopic (exact) mass is 438 g/mol. The third kappa shape index (κ3) is 4.39. The summed E-state index contributed by atoms with van der Waals surface area (Å²) < 4.78 is 6.88. The van der Waals surface area contributed by atoms with E-state index in [1.165, 1.54) is 11.8 Å². The number of carbonyl (C=O) groups excluding carboxylic acids is 1. The maximum atomic E-state index is 12.7. The topological polar surface area (TPSA) is 72.1 Å². The first-order valence-electron chi connectivity index (χ1n) is 9.57. The van der Waals surface area contributed by atoms with Crippen molar-refractivity contribution < 1.29 is 9.21 Å². The van der Waals surface area contributed by atoms with Crippen molar-refractivity contribution in [3.8, 4) is 11.5 Å². The van der Waals surface area contributed by atoms with Crippen LogP contribution in [-0.2, 0) is 4.79 Å². The van der Waals surface area contributed by atoms with Gasteiger partial charge in [-0.2, -0.15) is 0 Å². The highest BCUT2D eigenvalue weighted by Crippen LogP contribution is 2.30. The summed E-state index contributed by atoms with van der Waals surface area (Å²) in [6.45, 7) is 6.05. The Labute approximate surface area is 183 Å². The van der Waals surface area contributed by atoms with Gasteiger partial charge in [0.25, 0.3) is 5.22 Å². The van der Waals surface area contributed by atoms with Crippen molar-refractivity contribution in [2.75, 3.05) is 12.8 Å². The molecule has 1 atom stereocenters. The Balaban J connectivity index is 1.40. The summed E-state index contributed by atoms with van der Waals surface area (Å²) in [5.41, 5.74) is 4.13. The van der Waals surface area contributed by atoms with Crippen molar-refractivity contribution in [3.05, 3.63) is 58.6 Å². The minimum Gasteiger partial charge on any atom is -0.411 e. The van der Waals surface area contributed by atoms with Crippen LogP contribution in [0.5, 0.6) is 0 Å². The molecule has 0 unspecified atom stereocenters. The van der Waals surface area contributed by atoms with E-state index in [0.717, 1.165) is 31.9 Å². The predicted octanol–water partition coefficient (Wildman–Crippen LogP) is 5.27. The molecule has 154 valence electrons. The smallest absolute Gasteiger partial charge is 0.277 e. The molecule has 0 aliphatic carbocycles. The molecule has 4 aromatic rings.